The van der Waals surface area contributed by atoms with Crippen molar-refractivity contribution in [3.05, 3.63) is 58.1 Å². The summed E-state index contributed by atoms with van der Waals surface area (Å²) in [5.41, 5.74) is 3.20. The second-order valence-electron chi connectivity index (χ2n) is 8.25. The monoisotopic (exact) mass is 440 g/mol. The van der Waals surface area contributed by atoms with Crippen molar-refractivity contribution in [2.45, 2.75) is 50.8 Å². The van der Waals surface area contributed by atoms with E-state index in [2.05, 4.69) is 58.2 Å². The molecule has 2 aromatic rings. The van der Waals surface area contributed by atoms with Crippen LogP contribution in [0, 0.1) is 5.92 Å². The largest absolute Gasteiger partial charge is 0.497 e. The Hall–Kier alpha value is -2.01. The van der Waals surface area contributed by atoms with E-state index in [1.165, 1.54) is 18.4 Å². The van der Waals surface area contributed by atoms with Crippen molar-refractivity contribution in [1.82, 2.24) is 5.01 Å². The molecule has 3 aliphatic rings. The summed E-state index contributed by atoms with van der Waals surface area (Å²) in [7, 11) is 1.70. The Balaban J connectivity index is 1.56. The first-order valence-corrected chi connectivity index (χ1v) is 10.9. The smallest absolute Gasteiger partial charge is 0.198 e. The van der Waals surface area contributed by atoms with Crippen LogP contribution in [0.4, 0.5) is 0 Å². The third-order valence-electron chi connectivity index (χ3n) is 6.44. The predicted octanol–water partition coefficient (Wildman–Crippen LogP) is 5.91. The van der Waals surface area contributed by atoms with E-state index < -0.39 is 0 Å². The maximum absolute atomic E-state index is 6.68. The van der Waals surface area contributed by atoms with Crippen LogP contribution in [0.2, 0.25) is 0 Å². The zero-order valence-electron chi connectivity index (χ0n) is 16.3. The first-order valence-electron chi connectivity index (χ1n) is 10.1. The molecule has 0 N–H and O–H groups in total. The van der Waals surface area contributed by atoms with Gasteiger partial charge >= 0.3 is 0 Å². The van der Waals surface area contributed by atoms with Crippen LogP contribution < -0.4 is 9.47 Å². The van der Waals surface area contributed by atoms with E-state index in [0.717, 1.165) is 52.4 Å². The summed E-state index contributed by atoms with van der Waals surface area (Å²) < 4.78 is 13.1. The number of hydrazone groups is 1. The number of fused-ring (bicyclic) bond motifs is 4. The Morgan fingerprint density at radius 3 is 2.61 bits per heavy atom. The fourth-order valence-electron chi connectivity index (χ4n) is 4.75. The molecule has 0 radical (unpaired) electrons. The first kappa shape index (κ1) is 18.0. The zero-order chi connectivity index (χ0) is 19.3. The number of hydrogen-bond acceptors (Lipinski definition) is 4. The highest BCUT2D eigenvalue weighted by atomic mass is 79.9. The standard InChI is InChI=1S/C23H25BrN2O2/c1-15-9-11-23(12-10-15)26-21(19-13-17(24)5-8-22(19)28-23)14-20(25-26)16-3-6-18(27-2)7-4-16/h3-8,13,15,21H,9-12,14H2,1-2H3/t15?,21-,23?/m1/s1. The summed E-state index contributed by atoms with van der Waals surface area (Å²) in [4.78, 5) is 0. The van der Waals surface area contributed by atoms with Gasteiger partial charge in [-0.05, 0) is 66.8 Å². The van der Waals surface area contributed by atoms with E-state index in [1.54, 1.807) is 7.11 Å². The molecule has 2 aliphatic heterocycles. The van der Waals surface area contributed by atoms with Gasteiger partial charge in [-0.1, -0.05) is 22.9 Å². The van der Waals surface area contributed by atoms with E-state index in [-0.39, 0.29) is 11.8 Å². The van der Waals surface area contributed by atoms with E-state index in [4.69, 9.17) is 14.6 Å². The number of rotatable bonds is 2. The summed E-state index contributed by atoms with van der Waals surface area (Å²) in [6.45, 7) is 2.34. The molecule has 0 saturated heterocycles. The van der Waals surface area contributed by atoms with Crippen molar-refractivity contribution in [3.8, 4) is 11.5 Å². The van der Waals surface area contributed by atoms with Gasteiger partial charge in [-0.25, -0.2) is 5.01 Å². The first-order chi connectivity index (χ1) is 13.6. The van der Waals surface area contributed by atoms with E-state index >= 15 is 0 Å². The van der Waals surface area contributed by atoms with Crippen molar-refractivity contribution in [1.29, 1.82) is 0 Å². The molecule has 0 unspecified atom stereocenters. The SMILES string of the molecule is COc1ccc(C2=NN3[C@H](C2)c2cc(Br)ccc2OC32CCC(C)CC2)cc1. The molecule has 0 amide bonds. The maximum atomic E-state index is 6.68. The van der Waals surface area contributed by atoms with Crippen LogP contribution in [-0.4, -0.2) is 23.6 Å². The Kier molecular flexibility index (Phi) is 4.38. The second-order valence-corrected chi connectivity index (χ2v) is 9.17. The third kappa shape index (κ3) is 2.91. The van der Waals surface area contributed by atoms with Crippen LogP contribution in [-0.2, 0) is 0 Å². The highest BCUT2D eigenvalue weighted by Crippen LogP contribution is 2.52. The van der Waals surface area contributed by atoms with Crippen LogP contribution in [0.15, 0.2) is 52.0 Å². The molecule has 1 saturated carbocycles. The lowest BCUT2D eigenvalue weighted by Crippen LogP contribution is -2.55. The van der Waals surface area contributed by atoms with Crippen molar-refractivity contribution < 1.29 is 9.47 Å². The van der Waals surface area contributed by atoms with Gasteiger partial charge < -0.3 is 9.47 Å². The lowest BCUT2D eigenvalue weighted by Gasteiger charge is -2.50. The van der Waals surface area contributed by atoms with Gasteiger partial charge in [0.05, 0.1) is 18.9 Å². The van der Waals surface area contributed by atoms with E-state index in [9.17, 15) is 0 Å². The molecule has 2 aromatic carbocycles. The molecule has 5 rings (SSSR count). The van der Waals surface area contributed by atoms with Crippen molar-refractivity contribution in [3.63, 3.8) is 0 Å². The highest BCUT2D eigenvalue weighted by molar-refractivity contribution is 9.10. The van der Waals surface area contributed by atoms with Crippen LogP contribution >= 0.6 is 15.9 Å². The Bertz CT molecular complexity index is 917. The third-order valence-corrected chi connectivity index (χ3v) is 6.93. The van der Waals surface area contributed by atoms with Crippen LogP contribution in [0.1, 0.15) is 56.2 Å². The minimum Gasteiger partial charge on any atom is -0.497 e. The number of ether oxygens (including phenoxy) is 2. The lowest BCUT2D eigenvalue weighted by molar-refractivity contribution is -0.145. The van der Waals surface area contributed by atoms with Crippen molar-refractivity contribution in [2.75, 3.05) is 7.11 Å². The normalized spacial score (nSPS) is 28.4. The molecule has 1 spiro atoms. The van der Waals surface area contributed by atoms with Gasteiger partial charge in [0.25, 0.3) is 0 Å². The number of benzene rings is 2. The quantitative estimate of drug-likeness (QED) is 0.581. The second kappa shape index (κ2) is 6.80. The average Bonchev–Trinajstić information content (AvgIpc) is 3.18. The Morgan fingerprint density at radius 2 is 1.89 bits per heavy atom. The molecule has 0 bridgehead atoms. The molecule has 0 aromatic heterocycles. The van der Waals surface area contributed by atoms with Crippen LogP contribution in [0.25, 0.3) is 0 Å². The summed E-state index contributed by atoms with van der Waals surface area (Å²) in [6.07, 6.45) is 5.32. The van der Waals surface area contributed by atoms with Gasteiger partial charge in [0.1, 0.15) is 11.5 Å². The maximum Gasteiger partial charge on any atom is 0.198 e. The number of methoxy groups -OCH3 is 1. The van der Waals surface area contributed by atoms with Gasteiger partial charge in [0.2, 0.25) is 0 Å². The minimum atomic E-state index is -0.313. The number of halogens is 1. The molecule has 4 nitrogen and oxygen atoms in total. The summed E-state index contributed by atoms with van der Waals surface area (Å²) in [5, 5.41) is 7.42. The molecule has 28 heavy (non-hydrogen) atoms. The Labute approximate surface area is 174 Å². The molecule has 1 atom stereocenters. The lowest BCUT2D eigenvalue weighted by atomic mass is 9.82. The van der Waals surface area contributed by atoms with Gasteiger partial charge in [-0.3, -0.25) is 0 Å². The highest BCUT2D eigenvalue weighted by Gasteiger charge is 2.51. The molecular formula is C23H25BrN2O2. The molecular weight excluding hydrogens is 416 g/mol. The van der Waals surface area contributed by atoms with Gasteiger partial charge in [-0.2, -0.15) is 5.10 Å². The average molecular weight is 441 g/mol. The molecule has 2 heterocycles. The summed E-state index contributed by atoms with van der Waals surface area (Å²) in [6, 6.07) is 14.8. The van der Waals surface area contributed by atoms with Crippen molar-refractivity contribution >= 4 is 21.6 Å². The number of nitrogens with zero attached hydrogens (tertiary/aromatic N) is 2. The van der Waals surface area contributed by atoms with Crippen LogP contribution in [0.3, 0.4) is 0 Å². The zero-order valence-corrected chi connectivity index (χ0v) is 17.9. The molecule has 146 valence electrons. The van der Waals surface area contributed by atoms with Crippen molar-refractivity contribution in [2.24, 2.45) is 11.0 Å². The minimum absolute atomic E-state index is 0.228. The van der Waals surface area contributed by atoms with Gasteiger partial charge in [0.15, 0.2) is 5.72 Å². The molecule has 1 fully saturated rings. The fourth-order valence-corrected chi connectivity index (χ4v) is 5.13. The Morgan fingerprint density at radius 1 is 1.14 bits per heavy atom. The fraction of sp³-hybridized carbons (Fsp3) is 0.435. The molecule has 5 heteroatoms. The molecule has 1 aliphatic carbocycles. The van der Waals surface area contributed by atoms with Gasteiger partial charge in [-0.15, -0.1) is 0 Å². The van der Waals surface area contributed by atoms with Gasteiger partial charge in [0, 0.05) is 29.3 Å². The summed E-state index contributed by atoms with van der Waals surface area (Å²) >= 11 is 3.63. The predicted molar refractivity (Wildman–Crippen MR) is 114 cm³/mol. The summed E-state index contributed by atoms with van der Waals surface area (Å²) in [5.74, 6) is 2.65. The topological polar surface area (TPSA) is 34.1 Å². The van der Waals surface area contributed by atoms with E-state index in [0.29, 0.717) is 0 Å². The van der Waals surface area contributed by atoms with Crippen LogP contribution in [0.5, 0.6) is 11.5 Å². The van der Waals surface area contributed by atoms with E-state index in [1.807, 2.05) is 12.1 Å². The number of hydrogen-bond donors (Lipinski definition) is 0.